The van der Waals surface area contributed by atoms with Gasteiger partial charge in [-0.15, -0.1) is 0 Å². The van der Waals surface area contributed by atoms with Crippen molar-refractivity contribution in [3.05, 3.63) is 17.1 Å². The second-order valence-electron chi connectivity index (χ2n) is 6.41. The number of rotatable bonds is 5. The number of nitrogens with one attached hydrogen (secondary N) is 1. The lowest BCUT2D eigenvalue weighted by Gasteiger charge is -2.28. The highest BCUT2D eigenvalue weighted by Crippen LogP contribution is 2.39. The summed E-state index contributed by atoms with van der Waals surface area (Å²) in [5, 5.41) is 3.53. The van der Waals surface area contributed by atoms with Crippen molar-refractivity contribution in [2.45, 2.75) is 69.8 Å². The Morgan fingerprint density at radius 1 is 1.19 bits per heavy atom. The molecule has 1 aromatic heterocycles. The molecule has 0 spiro atoms. The van der Waals surface area contributed by atoms with E-state index < -0.39 is 0 Å². The Morgan fingerprint density at radius 3 is 2.90 bits per heavy atom. The van der Waals surface area contributed by atoms with Crippen molar-refractivity contribution in [3.63, 3.8) is 0 Å². The van der Waals surface area contributed by atoms with Gasteiger partial charge in [-0.3, -0.25) is 0 Å². The van der Waals surface area contributed by atoms with Crippen LogP contribution < -0.4 is 5.32 Å². The van der Waals surface area contributed by atoms with E-state index in [4.69, 9.17) is 9.97 Å². The fourth-order valence-electron chi connectivity index (χ4n) is 3.54. The molecule has 1 aliphatic carbocycles. The van der Waals surface area contributed by atoms with Gasteiger partial charge in [-0.05, 0) is 25.2 Å². The Kier molecular flexibility index (Phi) is 5.04. The van der Waals surface area contributed by atoms with Crippen molar-refractivity contribution in [3.8, 4) is 0 Å². The lowest BCUT2D eigenvalue weighted by molar-refractivity contribution is 0.307. The van der Waals surface area contributed by atoms with Crippen LogP contribution >= 0.6 is 11.8 Å². The Labute approximate surface area is 132 Å². The first-order valence-corrected chi connectivity index (χ1v) is 9.68. The molecular formula is C17H27N3S. The molecule has 2 heterocycles. The predicted molar refractivity (Wildman–Crippen MR) is 90.8 cm³/mol. The molecular weight excluding hydrogens is 278 g/mol. The SMILES string of the molecule is CCCNc1nc(C2CCCC(CC)C2)nc2c1CSC2. The van der Waals surface area contributed by atoms with Gasteiger partial charge in [0.2, 0.25) is 0 Å². The first-order chi connectivity index (χ1) is 10.3. The Bertz CT molecular complexity index is 489. The first kappa shape index (κ1) is 15.1. The van der Waals surface area contributed by atoms with Gasteiger partial charge >= 0.3 is 0 Å². The second kappa shape index (κ2) is 6.99. The molecule has 1 aromatic rings. The molecule has 1 aliphatic heterocycles. The van der Waals surface area contributed by atoms with E-state index in [1.54, 1.807) is 0 Å². The van der Waals surface area contributed by atoms with Crippen molar-refractivity contribution in [2.75, 3.05) is 11.9 Å². The highest BCUT2D eigenvalue weighted by Gasteiger charge is 2.27. The molecule has 1 fully saturated rings. The summed E-state index contributed by atoms with van der Waals surface area (Å²) in [5.41, 5.74) is 2.65. The van der Waals surface area contributed by atoms with Crippen LogP contribution in [0.3, 0.4) is 0 Å². The van der Waals surface area contributed by atoms with Gasteiger partial charge in [0.1, 0.15) is 11.6 Å². The maximum absolute atomic E-state index is 4.94. The van der Waals surface area contributed by atoms with Crippen molar-refractivity contribution < 1.29 is 0 Å². The van der Waals surface area contributed by atoms with Gasteiger partial charge in [0, 0.05) is 29.5 Å². The molecule has 1 N–H and O–H groups in total. The van der Waals surface area contributed by atoms with Crippen molar-refractivity contribution in [2.24, 2.45) is 5.92 Å². The van der Waals surface area contributed by atoms with E-state index >= 15 is 0 Å². The minimum atomic E-state index is 0.585. The van der Waals surface area contributed by atoms with Crippen LogP contribution in [0, 0.1) is 5.92 Å². The van der Waals surface area contributed by atoms with Crippen LogP contribution in [0.4, 0.5) is 5.82 Å². The Hall–Kier alpha value is -0.770. The minimum Gasteiger partial charge on any atom is -0.370 e. The van der Waals surface area contributed by atoms with Crippen LogP contribution in [0.15, 0.2) is 0 Å². The normalized spacial score (nSPS) is 24.9. The van der Waals surface area contributed by atoms with Crippen LogP contribution in [-0.2, 0) is 11.5 Å². The molecule has 2 aliphatic rings. The number of aromatic nitrogens is 2. The summed E-state index contributed by atoms with van der Waals surface area (Å²) in [5.74, 6) is 5.84. The van der Waals surface area contributed by atoms with E-state index in [9.17, 15) is 0 Å². The van der Waals surface area contributed by atoms with Gasteiger partial charge in [-0.1, -0.05) is 33.1 Å². The van der Waals surface area contributed by atoms with Crippen molar-refractivity contribution in [1.82, 2.24) is 9.97 Å². The molecule has 1 saturated carbocycles. The van der Waals surface area contributed by atoms with Gasteiger partial charge in [-0.2, -0.15) is 11.8 Å². The largest absolute Gasteiger partial charge is 0.370 e. The van der Waals surface area contributed by atoms with Crippen LogP contribution in [0.2, 0.25) is 0 Å². The molecule has 2 atom stereocenters. The lowest BCUT2D eigenvalue weighted by Crippen LogP contribution is -2.18. The van der Waals surface area contributed by atoms with Gasteiger partial charge in [-0.25, -0.2) is 9.97 Å². The molecule has 3 nitrogen and oxygen atoms in total. The van der Waals surface area contributed by atoms with E-state index in [0.717, 1.165) is 42.0 Å². The molecule has 116 valence electrons. The van der Waals surface area contributed by atoms with Crippen LogP contribution in [0.25, 0.3) is 0 Å². The molecule has 0 aromatic carbocycles. The third-order valence-electron chi connectivity index (χ3n) is 4.86. The summed E-state index contributed by atoms with van der Waals surface area (Å²) < 4.78 is 0. The summed E-state index contributed by atoms with van der Waals surface area (Å²) in [4.78, 5) is 9.88. The fraction of sp³-hybridized carbons (Fsp3) is 0.765. The number of hydrogen-bond donors (Lipinski definition) is 1. The predicted octanol–water partition coefficient (Wildman–Crippen LogP) is 4.73. The van der Waals surface area contributed by atoms with Gasteiger partial charge in [0.25, 0.3) is 0 Å². The zero-order valence-electron chi connectivity index (χ0n) is 13.3. The van der Waals surface area contributed by atoms with Crippen molar-refractivity contribution >= 4 is 17.6 Å². The van der Waals surface area contributed by atoms with E-state index in [-0.39, 0.29) is 0 Å². The van der Waals surface area contributed by atoms with Crippen LogP contribution in [-0.4, -0.2) is 16.5 Å². The smallest absolute Gasteiger partial charge is 0.134 e. The van der Waals surface area contributed by atoms with E-state index in [1.807, 2.05) is 11.8 Å². The molecule has 0 saturated heterocycles. The van der Waals surface area contributed by atoms with Gasteiger partial charge in [0.05, 0.1) is 5.69 Å². The summed E-state index contributed by atoms with van der Waals surface area (Å²) in [6, 6.07) is 0. The summed E-state index contributed by atoms with van der Waals surface area (Å²) >= 11 is 1.97. The zero-order valence-corrected chi connectivity index (χ0v) is 14.1. The molecule has 2 unspecified atom stereocenters. The summed E-state index contributed by atoms with van der Waals surface area (Å²) in [6.45, 7) is 5.54. The van der Waals surface area contributed by atoms with Gasteiger partial charge in [0.15, 0.2) is 0 Å². The second-order valence-corrected chi connectivity index (χ2v) is 7.40. The Morgan fingerprint density at radius 2 is 2.10 bits per heavy atom. The first-order valence-electron chi connectivity index (χ1n) is 8.53. The number of hydrogen-bond acceptors (Lipinski definition) is 4. The average molecular weight is 305 g/mol. The van der Waals surface area contributed by atoms with Crippen molar-refractivity contribution in [1.29, 1.82) is 0 Å². The zero-order chi connectivity index (χ0) is 14.7. The topological polar surface area (TPSA) is 37.8 Å². The molecule has 0 bridgehead atoms. The number of thioether (sulfide) groups is 1. The standard InChI is InChI=1S/C17H27N3S/c1-3-8-18-17-14-10-21-11-15(14)19-16(20-17)13-7-5-6-12(4-2)9-13/h12-13H,3-11H2,1-2H3,(H,18,19,20). The average Bonchev–Trinajstić information content (AvgIpc) is 3.01. The van der Waals surface area contributed by atoms with E-state index in [1.165, 1.54) is 43.4 Å². The molecule has 4 heteroatoms. The third kappa shape index (κ3) is 3.36. The number of nitrogens with zero attached hydrogens (tertiary/aromatic N) is 2. The van der Waals surface area contributed by atoms with E-state index in [2.05, 4.69) is 19.2 Å². The number of fused-ring (bicyclic) bond motifs is 1. The third-order valence-corrected chi connectivity index (χ3v) is 5.83. The Balaban J connectivity index is 1.84. The molecule has 0 radical (unpaired) electrons. The van der Waals surface area contributed by atoms with Gasteiger partial charge < -0.3 is 5.32 Å². The fourth-order valence-corrected chi connectivity index (χ4v) is 4.58. The molecule has 0 amide bonds. The highest BCUT2D eigenvalue weighted by atomic mass is 32.2. The minimum absolute atomic E-state index is 0.585. The highest BCUT2D eigenvalue weighted by molar-refractivity contribution is 7.98. The quantitative estimate of drug-likeness (QED) is 0.853. The summed E-state index contributed by atoms with van der Waals surface area (Å²) in [7, 11) is 0. The van der Waals surface area contributed by atoms with E-state index in [0.29, 0.717) is 5.92 Å². The molecule has 21 heavy (non-hydrogen) atoms. The maximum Gasteiger partial charge on any atom is 0.134 e. The van der Waals surface area contributed by atoms with Crippen LogP contribution in [0.5, 0.6) is 0 Å². The van der Waals surface area contributed by atoms with Crippen LogP contribution in [0.1, 0.15) is 75.4 Å². The monoisotopic (exact) mass is 305 g/mol. The maximum atomic E-state index is 4.94. The number of anilines is 1. The lowest BCUT2D eigenvalue weighted by atomic mass is 9.80. The summed E-state index contributed by atoms with van der Waals surface area (Å²) in [6.07, 6.45) is 7.75. The molecule has 3 rings (SSSR count).